The van der Waals surface area contributed by atoms with Crippen LogP contribution in [0.15, 0.2) is 42.6 Å². The number of hydrogen-bond acceptors (Lipinski definition) is 3. The lowest BCUT2D eigenvalue weighted by atomic mass is 9.93. The molecule has 144 valence electrons. The van der Waals surface area contributed by atoms with E-state index < -0.39 is 23.6 Å². The maximum absolute atomic E-state index is 12.9. The number of aromatic nitrogens is 1. The maximum atomic E-state index is 12.9. The molecule has 1 fully saturated rings. The highest BCUT2D eigenvalue weighted by atomic mass is 19.4. The summed E-state index contributed by atoms with van der Waals surface area (Å²) in [6.45, 7) is 2.92. The summed E-state index contributed by atoms with van der Waals surface area (Å²) in [4.78, 5) is 17.9. The number of aliphatic carboxylic acids is 1. The Hall–Kier alpha value is -2.41. The van der Waals surface area contributed by atoms with E-state index in [1.165, 1.54) is 12.1 Å². The number of carboxylic acid groups (broad SMARTS) is 1. The Labute approximate surface area is 155 Å². The third kappa shape index (κ3) is 4.47. The van der Waals surface area contributed by atoms with Crippen molar-refractivity contribution in [2.75, 3.05) is 13.1 Å². The summed E-state index contributed by atoms with van der Waals surface area (Å²) in [5.41, 5.74) is 1.65. The van der Waals surface area contributed by atoms with E-state index in [0.717, 1.165) is 24.1 Å². The number of likely N-dealkylation sites (tertiary alicyclic amines) is 1. The van der Waals surface area contributed by atoms with Gasteiger partial charge in [-0.05, 0) is 55.6 Å². The number of rotatable bonds is 4. The Bertz CT molecular complexity index is 788. The van der Waals surface area contributed by atoms with Crippen molar-refractivity contribution in [1.82, 2.24) is 9.88 Å². The highest BCUT2D eigenvalue weighted by Crippen LogP contribution is 2.34. The minimum atomic E-state index is -4.39. The van der Waals surface area contributed by atoms with Crippen molar-refractivity contribution in [2.45, 2.75) is 32.0 Å². The molecule has 0 bridgehead atoms. The summed E-state index contributed by atoms with van der Waals surface area (Å²) < 4.78 is 38.7. The molecule has 1 aliphatic heterocycles. The number of alkyl halides is 3. The van der Waals surface area contributed by atoms with E-state index in [1.54, 1.807) is 6.20 Å². The van der Waals surface area contributed by atoms with Crippen molar-refractivity contribution in [2.24, 2.45) is 5.92 Å². The Balaban J connectivity index is 1.97. The maximum Gasteiger partial charge on any atom is 0.416 e. The minimum absolute atomic E-state index is 0.344. The Morgan fingerprint density at radius 1 is 1.22 bits per heavy atom. The summed E-state index contributed by atoms with van der Waals surface area (Å²) in [6.07, 6.45) is -1.35. The van der Waals surface area contributed by atoms with Crippen LogP contribution in [0, 0.1) is 12.8 Å². The van der Waals surface area contributed by atoms with Gasteiger partial charge in [-0.2, -0.15) is 13.2 Å². The van der Waals surface area contributed by atoms with E-state index in [-0.39, 0.29) is 6.04 Å². The van der Waals surface area contributed by atoms with E-state index in [4.69, 9.17) is 0 Å². The first-order valence-electron chi connectivity index (χ1n) is 8.82. The van der Waals surface area contributed by atoms with Gasteiger partial charge >= 0.3 is 12.1 Å². The lowest BCUT2D eigenvalue weighted by molar-refractivity contribution is -0.144. The van der Waals surface area contributed by atoms with Crippen molar-refractivity contribution < 1.29 is 23.1 Å². The molecule has 0 spiro atoms. The highest BCUT2D eigenvalue weighted by molar-refractivity contribution is 5.70. The molecule has 2 unspecified atom stereocenters. The number of piperidine rings is 1. The van der Waals surface area contributed by atoms with Gasteiger partial charge < -0.3 is 5.11 Å². The zero-order valence-electron chi connectivity index (χ0n) is 14.9. The third-order valence-corrected chi connectivity index (χ3v) is 4.94. The monoisotopic (exact) mass is 378 g/mol. The standard InChI is InChI=1S/C20H21F3N2O2/c1-13-4-9-17(24-11-13)18(25-10-2-3-15(12-25)19(26)27)14-5-7-16(8-6-14)20(21,22)23/h4-9,11,15,18H,2-3,10,12H2,1H3,(H,26,27). The largest absolute Gasteiger partial charge is 0.481 e. The van der Waals surface area contributed by atoms with Gasteiger partial charge in [-0.25, -0.2) is 0 Å². The zero-order valence-corrected chi connectivity index (χ0v) is 14.9. The number of carbonyl (C=O) groups is 1. The second-order valence-corrected chi connectivity index (χ2v) is 6.96. The molecule has 0 saturated carbocycles. The van der Waals surface area contributed by atoms with Gasteiger partial charge in [-0.3, -0.25) is 14.7 Å². The van der Waals surface area contributed by atoms with Gasteiger partial charge in [0.1, 0.15) is 0 Å². The summed E-state index contributed by atoms with van der Waals surface area (Å²) >= 11 is 0. The summed E-state index contributed by atoms with van der Waals surface area (Å²) in [7, 11) is 0. The number of nitrogens with zero attached hydrogens (tertiary/aromatic N) is 2. The SMILES string of the molecule is Cc1ccc(C(c2ccc(C(F)(F)F)cc2)N2CCCC(C(=O)O)C2)nc1. The van der Waals surface area contributed by atoms with E-state index in [0.29, 0.717) is 30.8 Å². The third-order valence-electron chi connectivity index (χ3n) is 4.94. The molecule has 0 radical (unpaired) electrons. The fourth-order valence-electron chi connectivity index (χ4n) is 3.51. The molecule has 1 saturated heterocycles. The molecule has 1 N–H and O–H groups in total. The number of benzene rings is 1. The average molecular weight is 378 g/mol. The number of pyridine rings is 1. The van der Waals surface area contributed by atoms with Crippen molar-refractivity contribution in [3.05, 3.63) is 65.0 Å². The molecule has 4 nitrogen and oxygen atoms in total. The van der Waals surface area contributed by atoms with Crippen molar-refractivity contribution in [1.29, 1.82) is 0 Å². The smallest absolute Gasteiger partial charge is 0.416 e. The molecule has 3 rings (SSSR count). The Morgan fingerprint density at radius 3 is 2.48 bits per heavy atom. The molecule has 2 atom stereocenters. The Kier molecular flexibility index (Phi) is 5.51. The molecule has 2 heterocycles. The van der Waals surface area contributed by atoms with Crippen LogP contribution in [0.25, 0.3) is 0 Å². The molecular formula is C20H21F3N2O2. The van der Waals surface area contributed by atoms with E-state index >= 15 is 0 Å². The van der Waals surface area contributed by atoms with Crippen LogP contribution in [-0.2, 0) is 11.0 Å². The van der Waals surface area contributed by atoms with E-state index in [2.05, 4.69) is 4.98 Å². The summed E-state index contributed by atoms with van der Waals surface area (Å²) in [5, 5.41) is 9.37. The fourth-order valence-corrected chi connectivity index (χ4v) is 3.51. The average Bonchev–Trinajstić information content (AvgIpc) is 2.63. The van der Waals surface area contributed by atoms with Gasteiger partial charge in [-0.1, -0.05) is 18.2 Å². The van der Waals surface area contributed by atoms with Crippen LogP contribution in [0.5, 0.6) is 0 Å². The Morgan fingerprint density at radius 2 is 1.93 bits per heavy atom. The van der Waals surface area contributed by atoms with Gasteiger partial charge in [0, 0.05) is 12.7 Å². The van der Waals surface area contributed by atoms with Crippen LogP contribution in [-0.4, -0.2) is 34.0 Å². The molecule has 0 aliphatic carbocycles. The molecule has 2 aromatic rings. The molecule has 1 aromatic carbocycles. The normalized spacial score (nSPS) is 19.6. The molecular weight excluding hydrogens is 357 g/mol. The van der Waals surface area contributed by atoms with E-state index in [9.17, 15) is 23.1 Å². The quantitative estimate of drug-likeness (QED) is 0.862. The first-order chi connectivity index (χ1) is 12.8. The number of halogens is 3. The molecule has 27 heavy (non-hydrogen) atoms. The van der Waals surface area contributed by atoms with Crippen LogP contribution in [0.3, 0.4) is 0 Å². The second-order valence-electron chi connectivity index (χ2n) is 6.96. The van der Waals surface area contributed by atoms with Crippen molar-refractivity contribution in [3.8, 4) is 0 Å². The fraction of sp³-hybridized carbons (Fsp3) is 0.400. The second kappa shape index (κ2) is 7.68. The molecule has 0 amide bonds. The van der Waals surface area contributed by atoms with Crippen LogP contribution in [0.2, 0.25) is 0 Å². The minimum Gasteiger partial charge on any atom is -0.481 e. The number of aryl methyl sites for hydroxylation is 1. The van der Waals surface area contributed by atoms with Gasteiger partial charge in [0.2, 0.25) is 0 Å². The number of hydrogen-bond donors (Lipinski definition) is 1. The topological polar surface area (TPSA) is 53.4 Å². The number of carboxylic acids is 1. The predicted molar refractivity (Wildman–Crippen MR) is 94.2 cm³/mol. The first kappa shape index (κ1) is 19.4. The van der Waals surface area contributed by atoms with Gasteiger partial charge in [0.25, 0.3) is 0 Å². The van der Waals surface area contributed by atoms with Crippen LogP contribution < -0.4 is 0 Å². The van der Waals surface area contributed by atoms with Crippen LogP contribution in [0.4, 0.5) is 13.2 Å². The predicted octanol–water partition coefficient (Wildman–Crippen LogP) is 4.29. The van der Waals surface area contributed by atoms with Crippen molar-refractivity contribution >= 4 is 5.97 Å². The van der Waals surface area contributed by atoms with Gasteiger partial charge in [0.05, 0.1) is 23.2 Å². The first-order valence-corrected chi connectivity index (χ1v) is 8.82. The lowest BCUT2D eigenvalue weighted by Crippen LogP contribution is -2.41. The van der Waals surface area contributed by atoms with E-state index in [1.807, 2.05) is 24.0 Å². The van der Waals surface area contributed by atoms with Gasteiger partial charge in [-0.15, -0.1) is 0 Å². The van der Waals surface area contributed by atoms with Crippen molar-refractivity contribution in [3.63, 3.8) is 0 Å². The summed E-state index contributed by atoms with van der Waals surface area (Å²) in [5.74, 6) is -1.33. The molecule has 7 heteroatoms. The van der Waals surface area contributed by atoms with Crippen LogP contribution >= 0.6 is 0 Å². The lowest BCUT2D eigenvalue weighted by Gasteiger charge is -2.37. The molecule has 1 aromatic heterocycles. The van der Waals surface area contributed by atoms with Crippen LogP contribution in [0.1, 0.15) is 41.3 Å². The molecule has 1 aliphatic rings. The van der Waals surface area contributed by atoms with Gasteiger partial charge in [0.15, 0.2) is 0 Å². The highest BCUT2D eigenvalue weighted by Gasteiger charge is 2.33. The zero-order chi connectivity index (χ0) is 19.6. The summed E-state index contributed by atoms with van der Waals surface area (Å²) in [6, 6.07) is 8.42.